The number of ether oxygens (including phenoxy) is 1. The van der Waals surface area contributed by atoms with Crippen molar-refractivity contribution in [3.05, 3.63) is 36.0 Å². The molecule has 0 spiro atoms. The largest absolute Gasteiger partial charge is 0.381 e. The van der Waals surface area contributed by atoms with Gasteiger partial charge in [0.1, 0.15) is 5.82 Å². The minimum absolute atomic E-state index is 0.184. The maximum absolute atomic E-state index is 5.70. The number of rotatable bonds is 7. The Morgan fingerprint density at radius 1 is 1.22 bits per heavy atom. The van der Waals surface area contributed by atoms with Crippen LogP contribution in [0.25, 0.3) is 22.4 Å². The van der Waals surface area contributed by atoms with E-state index in [4.69, 9.17) is 20.4 Å². The van der Waals surface area contributed by atoms with Crippen molar-refractivity contribution in [1.82, 2.24) is 24.6 Å². The molecule has 1 fully saturated rings. The molecule has 0 atom stereocenters. The first-order chi connectivity index (χ1) is 15.3. The minimum Gasteiger partial charge on any atom is -0.381 e. The number of benzene rings is 1. The second-order valence-electron chi connectivity index (χ2n) is 9.62. The van der Waals surface area contributed by atoms with Gasteiger partial charge in [0.25, 0.3) is 0 Å². The molecule has 0 unspecified atom stereocenters. The van der Waals surface area contributed by atoms with Crippen LogP contribution < -0.4 is 11.1 Å². The Hall–Kier alpha value is -2.55. The van der Waals surface area contributed by atoms with E-state index < -0.39 is 0 Å². The summed E-state index contributed by atoms with van der Waals surface area (Å²) >= 11 is 0. The number of likely N-dealkylation sites (N-methyl/N-ethyl adjacent to an activating group) is 1. The maximum Gasteiger partial charge on any atom is 0.164 e. The zero-order valence-electron chi connectivity index (χ0n) is 19.6. The second kappa shape index (κ2) is 9.52. The Morgan fingerprint density at radius 2 is 2.00 bits per heavy atom. The van der Waals surface area contributed by atoms with E-state index in [0.29, 0.717) is 18.4 Å². The number of hydrogen-bond donors (Lipinski definition) is 2. The zero-order valence-corrected chi connectivity index (χ0v) is 19.6. The van der Waals surface area contributed by atoms with Crippen LogP contribution in [0.3, 0.4) is 0 Å². The lowest BCUT2D eigenvalue weighted by molar-refractivity contribution is 0.0904. The van der Waals surface area contributed by atoms with Gasteiger partial charge in [-0.05, 0) is 52.3 Å². The van der Waals surface area contributed by atoms with Crippen molar-refractivity contribution in [3.63, 3.8) is 0 Å². The highest BCUT2D eigenvalue weighted by Gasteiger charge is 2.23. The number of nitrogens with one attached hydrogen (secondary N) is 1. The van der Waals surface area contributed by atoms with Crippen molar-refractivity contribution < 1.29 is 4.74 Å². The summed E-state index contributed by atoms with van der Waals surface area (Å²) in [5, 5.41) is 9.27. The van der Waals surface area contributed by atoms with E-state index >= 15 is 0 Å². The molecule has 8 nitrogen and oxygen atoms in total. The third-order valence-electron chi connectivity index (χ3n) is 5.77. The molecule has 1 aromatic carbocycles. The average molecular weight is 438 g/mol. The van der Waals surface area contributed by atoms with Crippen molar-refractivity contribution in [2.75, 3.05) is 38.7 Å². The molecule has 0 saturated carbocycles. The standard InChI is InChI=1S/C24H35N7O/c1-24(2,3)31-23-20(15-26-31)22(27-19-8-12-32-13-9-19)28-21(29-23)18-7-5-6-17(14-18)16-30(4)11-10-25/h5-7,14-15,19H,8-13,16,25H2,1-4H3,(H,27,28,29). The number of nitrogens with zero attached hydrogens (tertiary/aromatic N) is 5. The number of nitrogens with two attached hydrogens (primary N) is 1. The smallest absolute Gasteiger partial charge is 0.164 e. The van der Waals surface area contributed by atoms with Gasteiger partial charge in [-0.15, -0.1) is 0 Å². The molecular formula is C24H35N7O. The zero-order chi connectivity index (χ0) is 22.7. The van der Waals surface area contributed by atoms with E-state index in [0.717, 1.165) is 61.6 Å². The molecule has 1 aliphatic rings. The van der Waals surface area contributed by atoms with E-state index in [1.54, 1.807) is 0 Å². The first-order valence-electron chi connectivity index (χ1n) is 11.4. The number of fused-ring (bicyclic) bond motifs is 1. The maximum atomic E-state index is 5.70. The molecule has 172 valence electrons. The summed E-state index contributed by atoms with van der Waals surface area (Å²) in [5.41, 5.74) is 8.59. The Kier molecular flexibility index (Phi) is 6.74. The predicted molar refractivity (Wildman–Crippen MR) is 129 cm³/mol. The Bertz CT molecular complexity index is 1050. The number of anilines is 1. The molecule has 4 rings (SSSR count). The highest BCUT2D eigenvalue weighted by atomic mass is 16.5. The fourth-order valence-electron chi connectivity index (χ4n) is 4.09. The van der Waals surface area contributed by atoms with Crippen molar-refractivity contribution >= 4 is 16.9 Å². The lowest BCUT2D eigenvalue weighted by Gasteiger charge is -2.24. The predicted octanol–water partition coefficient (Wildman–Crippen LogP) is 3.23. The second-order valence-corrected chi connectivity index (χ2v) is 9.62. The van der Waals surface area contributed by atoms with Gasteiger partial charge in [0.15, 0.2) is 11.5 Å². The summed E-state index contributed by atoms with van der Waals surface area (Å²) < 4.78 is 7.52. The third-order valence-corrected chi connectivity index (χ3v) is 5.77. The van der Waals surface area contributed by atoms with E-state index in [9.17, 15) is 0 Å². The molecule has 0 radical (unpaired) electrons. The van der Waals surface area contributed by atoms with Gasteiger partial charge in [-0.2, -0.15) is 5.10 Å². The average Bonchev–Trinajstić information content (AvgIpc) is 3.20. The first kappa shape index (κ1) is 22.6. The fraction of sp³-hybridized carbons (Fsp3) is 0.542. The van der Waals surface area contributed by atoms with Crippen LogP contribution >= 0.6 is 0 Å². The van der Waals surface area contributed by atoms with Crippen LogP contribution in [0.4, 0.5) is 5.82 Å². The van der Waals surface area contributed by atoms with E-state index in [2.05, 4.69) is 67.4 Å². The summed E-state index contributed by atoms with van der Waals surface area (Å²) in [6.45, 7) is 10.3. The molecule has 2 aromatic heterocycles. The van der Waals surface area contributed by atoms with Gasteiger partial charge in [0.05, 0.1) is 17.1 Å². The lowest BCUT2D eigenvalue weighted by Crippen LogP contribution is -2.28. The molecule has 0 aliphatic carbocycles. The molecule has 1 saturated heterocycles. The first-order valence-corrected chi connectivity index (χ1v) is 11.4. The quantitative estimate of drug-likeness (QED) is 0.586. The molecular weight excluding hydrogens is 402 g/mol. The molecule has 3 heterocycles. The summed E-state index contributed by atoms with van der Waals surface area (Å²) in [4.78, 5) is 12.2. The normalized spacial score (nSPS) is 15.6. The molecule has 1 aliphatic heterocycles. The molecule has 3 N–H and O–H groups in total. The third kappa shape index (κ3) is 5.09. The van der Waals surface area contributed by atoms with Gasteiger partial charge >= 0.3 is 0 Å². The number of aromatic nitrogens is 4. The Morgan fingerprint density at radius 3 is 2.72 bits per heavy atom. The minimum atomic E-state index is -0.184. The summed E-state index contributed by atoms with van der Waals surface area (Å²) in [5.74, 6) is 1.56. The monoisotopic (exact) mass is 437 g/mol. The van der Waals surface area contributed by atoms with Gasteiger partial charge in [0.2, 0.25) is 0 Å². The Labute approximate surface area is 190 Å². The summed E-state index contributed by atoms with van der Waals surface area (Å²) in [6.07, 6.45) is 3.82. The molecule has 32 heavy (non-hydrogen) atoms. The van der Waals surface area contributed by atoms with Crippen LogP contribution in [-0.4, -0.2) is 64.0 Å². The van der Waals surface area contributed by atoms with Crippen LogP contribution in [0.15, 0.2) is 30.5 Å². The highest BCUT2D eigenvalue weighted by molar-refractivity contribution is 5.88. The van der Waals surface area contributed by atoms with Gasteiger partial charge in [-0.3, -0.25) is 0 Å². The van der Waals surface area contributed by atoms with E-state index in [-0.39, 0.29) is 5.54 Å². The van der Waals surface area contributed by atoms with Crippen LogP contribution in [-0.2, 0) is 16.8 Å². The van der Waals surface area contributed by atoms with Crippen molar-refractivity contribution in [2.24, 2.45) is 5.73 Å². The van der Waals surface area contributed by atoms with Crippen LogP contribution in [0.5, 0.6) is 0 Å². The van der Waals surface area contributed by atoms with Crippen LogP contribution in [0, 0.1) is 0 Å². The van der Waals surface area contributed by atoms with Crippen molar-refractivity contribution in [1.29, 1.82) is 0 Å². The van der Waals surface area contributed by atoms with E-state index in [1.807, 2.05) is 10.9 Å². The van der Waals surface area contributed by atoms with Crippen molar-refractivity contribution in [3.8, 4) is 11.4 Å². The summed E-state index contributed by atoms with van der Waals surface area (Å²) in [7, 11) is 2.08. The Balaban J connectivity index is 1.75. The molecule has 0 amide bonds. The van der Waals surface area contributed by atoms with Gasteiger partial charge in [-0.1, -0.05) is 18.2 Å². The molecule has 3 aromatic rings. The van der Waals surface area contributed by atoms with Gasteiger partial charge in [-0.25, -0.2) is 14.6 Å². The van der Waals surface area contributed by atoms with Crippen molar-refractivity contribution in [2.45, 2.75) is 51.7 Å². The lowest BCUT2D eigenvalue weighted by atomic mass is 10.1. The SMILES string of the molecule is CN(CCN)Cc1cccc(-c2nc(NC3CCOCC3)c3cnn(C(C)(C)C)c3n2)c1. The molecule has 0 bridgehead atoms. The number of hydrogen-bond acceptors (Lipinski definition) is 7. The highest BCUT2D eigenvalue weighted by Crippen LogP contribution is 2.29. The van der Waals surface area contributed by atoms with Gasteiger partial charge < -0.3 is 20.7 Å². The van der Waals surface area contributed by atoms with Crippen LogP contribution in [0.2, 0.25) is 0 Å². The van der Waals surface area contributed by atoms with E-state index in [1.165, 1.54) is 5.56 Å². The summed E-state index contributed by atoms with van der Waals surface area (Å²) in [6, 6.07) is 8.79. The fourth-order valence-corrected chi connectivity index (χ4v) is 4.09. The van der Waals surface area contributed by atoms with Crippen LogP contribution in [0.1, 0.15) is 39.2 Å². The van der Waals surface area contributed by atoms with Gasteiger partial charge in [0, 0.05) is 44.5 Å². The molecule has 8 heteroatoms. The topological polar surface area (TPSA) is 94.1 Å².